The van der Waals surface area contributed by atoms with Crippen LogP contribution in [0.3, 0.4) is 0 Å². The number of aryl methyl sites for hydroxylation is 1. The van der Waals surface area contributed by atoms with E-state index >= 15 is 0 Å². The standard InChI is InChI=1S/C12H11ClO3/c1-16-11(15)12(13)7-6-8-4-2-3-5-9(8)10(12)14/h2-5H,6-7H2,1H3/t12-/m0/s1. The van der Waals surface area contributed by atoms with Gasteiger partial charge in [-0.3, -0.25) is 4.79 Å². The van der Waals surface area contributed by atoms with Gasteiger partial charge in [-0.25, -0.2) is 4.79 Å². The number of methoxy groups -OCH3 is 1. The molecule has 0 saturated carbocycles. The van der Waals surface area contributed by atoms with Crippen LogP contribution in [0.2, 0.25) is 0 Å². The molecule has 2 rings (SSSR count). The van der Waals surface area contributed by atoms with Crippen LogP contribution in [0.15, 0.2) is 24.3 Å². The third kappa shape index (κ3) is 1.52. The van der Waals surface area contributed by atoms with Gasteiger partial charge in [0.25, 0.3) is 0 Å². The van der Waals surface area contributed by atoms with Crippen LogP contribution in [0.25, 0.3) is 0 Å². The number of hydrogen-bond acceptors (Lipinski definition) is 3. The summed E-state index contributed by atoms with van der Waals surface area (Å²) in [5, 5.41) is 0. The van der Waals surface area contributed by atoms with Crippen LogP contribution < -0.4 is 0 Å². The number of alkyl halides is 1. The maximum Gasteiger partial charge on any atom is 0.335 e. The first-order valence-electron chi connectivity index (χ1n) is 4.99. The van der Waals surface area contributed by atoms with E-state index in [1.54, 1.807) is 12.1 Å². The van der Waals surface area contributed by atoms with Crippen molar-refractivity contribution in [2.45, 2.75) is 17.7 Å². The highest BCUT2D eigenvalue weighted by Crippen LogP contribution is 2.34. The van der Waals surface area contributed by atoms with Crippen molar-refractivity contribution < 1.29 is 14.3 Å². The SMILES string of the molecule is COC(=O)[C@]1(Cl)CCc2ccccc2C1=O. The number of benzene rings is 1. The Morgan fingerprint density at radius 3 is 2.81 bits per heavy atom. The molecule has 0 amide bonds. The number of rotatable bonds is 1. The molecule has 16 heavy (non-hydrogen) atoms. The average Bonchev–Trinajstić information content (AvgIpc) is 2.33. The van der Waals surface area contributed by atoms with Gasteiger partial charge in [0.15, 0.2) is 5.78 Å². The number of ether oxygens (including phenoxy) is 1. The summed E-state index contributed by atoms with van der Waals surface area (Å²) < 4.78 is 4.59. The fourth-order valence-corrected chi connectivity index (χ4v) is 2.22. The molecule has 84 valence electrons. The lowest BCUT2D eigenvalue weighted by Gasteiger charge is -2.28. The minimum atomic E-state index is -1.54. The van der Waals surface area contributed by atoms with Crippen molar-refractivity contribution in [3.8, 4) is 0 Å². The van der Waals surface area contributed by atoms with Crippen LogP contribution in [0.1, 0.15) is 22.3 Å². The van der Waals surface area contributed by atoms with E-state index in [1.165, 1.54) is 7.11 Å². The summed E-state index contributed by atoms with van der Waals surface area (Å²) in [6, 6.07) is 7.19. The quantitative estimate of drug-likeness (QED) is 0.427. The van der Waals surface area contributed by atoms with E-state index in [-0.39, 0.29) is 12.2 Å². The number of carbonyl (C=O) groups excluding carboxylic acids is 2. The summed E-state index contributed by atoms with van der Waals surface area (Å²) in [6.07, 6.45) is 0.900. The van der Waals surface area contributed by atoms with E-state index in [1.807, 2.05) is 12.1 Å². The highest BCUT2D eigenvalue weighted by atomic mass is 35.5. The normalized spacial score (nSPS) is 23.8. The molecule has 0 heterocycles. The van der Waals surface area contributed by atoms with Gasteiger partial charge in [0.05, 0.1) is 7.11 Å². The first kappa shape index (κ1) is 11.1. The number of Topliss-reactive ketones (excluding diaryl/α,β-unsaturated/α-hetero) is 1. The molecule has 1 atom stereocenters. The van der Waals surface area contributed by atoms with E-state index < -0.39 is 10.8 Å². The van der Waals surface area contributed by atoms with Gasteiger partial charge in [-0.15, -0.1) is 0 Å². The van der Waals surface area contributed by atoms with Crippen molar-refractivity contribution in [1.82, 2.24) is 0 Å². The van der Waals surface area contributed by atoms with Gasteiger partial charge in [-0.2, -0.15) is 0 Å². The summed E-state index contributed by atoms with van der Waals surface area (Å²) in [5.74, 6) is -1.03. The number of fused-ring (bicyclic) bond motifs is 1. The average molecular weight is 239 g/mol. The molecule has 1 aliphatic carbocycles. The lowest BCUT2D eigenvalue weighted by atomic mass is 9.82. The molecule has 4 heteroatoms. The van der Waals surface area contributed by atoms with Gasteiger partial charge in [0.1, 0.15) is 0 Å². The summed E-state index contributed by atoms with van der Waals surface area (Å²) in [4.78, 5) is 22.1. The molecule has 0 unspecified atom stereocenters. The maximum absolute atomic E-state index is 12.1. The van der Waals surface area contributed by atoms with Crippen LogP contribution in [0.5, 0.6) is 0 Å². The Morgan fingerprint density at radius 1 is 1.44 bits per heavy atom. The Labute approximate surface area is 98.4 Å². The predicted molar refractivity (Wildman–Crippen MR) is 59.7 cm³/mol. The molecule has 0 N–H and O–H groups in total. The zero-order valence-corrected chi connectivity index (χ0v) is 9.58. The maximum atomic E-state index is 12.1. The topological polar surface area (TPSA) is 43.4 Å². The number of esters is 1. The fraction of sp³-hybridized carbons (Fsp3) is 0.333. The lowest BCUT2D eigenvalue weighted by molar-refractivity contribution is -0.142. The molecule has 0 bridgehead atoms. The largest absolute Gasteiger partial charge is 0.467 e. The smallest absolute Gasteiger partial charge is 0.335 e. The van der Waals surface area contributed by atoms with E-state index in [0.29, 0.717) is 12.0 Å². The van der Waals surface area contributed by atoms with Crippen molar-refractivity contribution >= 4 is 23.4 Å². The van der Waals surface area contributed by atoms with E-state index in [9.17, 15) is 9.59 Å². The van der Waals surface area contributed by atoms with Crippen molar-refractivity contribution in [3.05, 3.63) is 35.4 Å². The van der Waals surface area contributed by atoms with Gasteiger partial charge in [-0.05, 0) is 18.4 Å². The minimum absolute atomic E-state index is 0.289. The predicted octanol–water partition coefficient (Wildman–Crippen LogP) is 1.97. The van der Waals surface area contributed by atoms with Gasteiger partial charge >= 0.3 is 5.97 Å². The molecule has 0 spiro atoms. The monoisotopic (exact) mass is 238 g/mol. The highest BCUT2D eigenvalue weighted by Gasteiger charge is 2.48. The Kier molecular flexibility index (Phi) is 2.72. The van der Waals surface area contributed by atoms with Crippen molar-refractivity contribution in [1.29, 1.82) is 0 Å². The van der Waals surface area contributed by atoms with E-state index in [4.69, 9.17) is 11.6 Å². The molecule has 1 aliphatic rings. The summed E-state index contributed by atoms with van der Waals surface area (Å²) >= 11 is 6.08. The van der Waals surface area contributed by atoms with Crippen LogP contribution in [0.4, 0.5) is 0 Å². The van der Waals surface area contributed by atoms with Crippen molar-refractivity contribution in [2.24, 2.45) is 0 Å². The van der Waals surface area contributed by atoms with Gasteiger partial charge in [-0.1, -0.05) is 35.9 Å². The molecule has 0 aliphatic heterocycles. The molecule has 0 aromatic heterocycles. The van der Waals surface area contributed by atoms with Gasteiger partial charge < -0.3 is 4.74 Å². The fourth-order valence-electron chi connectivity index (χ4n) is 1.95. The molecule has 0 radical (unpaired) electrons. The first-order chi connectivity index (χ1) is 7.59. The molecule has 0 fully saturated rings. The zero-order chi connectivity index (χ0) is 11.8. The second kappa shape index (κ2) is 3.91. The zero-order valence-electron chi connectivity index (χ0n) is 8.83. The summed E-state index contributed by atoms with van der Waals surface area (Å²) in [5.41, 5.74) is 1.46. The molecule has 0 saturated heterocycles. The van der Waals surface area contributed by atoms with Crippen LogP contribution in [-0.2, 0) is 16.0 Å². The van der Waals surface area contributed by atoms with Crippen LogP contribution >= 0.6 is 11.6 Å². The van der Waals surface area contributed by atoms with Crippen molar-refractivity contribution in [3.63, 3.8) is 0 Å². The third-order valence-electron chi connectivity index (χ3n) is 2.87. The second-order valence-corrected chi connectivity index (χ2v) is 4.42. The van der Waals surface area contributed by atoms with Crippen molar-refractivity contribution in [2.75, 3.05) is 7.11 Å². The Hall–Kier alpha value is -1.35. The van der Waals surface area contributed by atoms with Gasteiger partial charge in [0, 0.05) is 5.56 Å². The minimum Gasteiger partial charge on any atom is -0.467 e. The summed E-state index contributed by atoms with van der Waals surface area (Å²) in [7, 11) is 1.24. The van der Waals surface area contributed by atoms with Crippen LogP contribution in [-0.4, -0.2) is 23.7 Å². The third-order valence-corrected chi connectivity index (χ3v) is 3.38. The number of hydrogen-bond donors (Lipinski definition) is 0. The molecule has 3 nitrogen and oxygen atoms in total. The highest BCUT2D eigenvalue weighted by molar-refractivity contribution is 6.48. The molecule has 1 aromatic rings. The lowest BCUT2D eigenvalue weighted by Crippen LogP contribution is -2.45. The van der Waals surface area contributed by atoms with Gasteiger partial charge in [0.2, 0.25) is 4.87 Å². The molecular weight excluding hydrogens is 228 g/mol. The second-order valence-electron chi connectivity index (χ2n) is 3.78. The molecule has 1 aromatic carbocycles. The number of carbonyl (C=O) groups is 2. The first-order valence-corrected chi connectivity index (χ1v) is 5.37. The van der Waals surface area contributed by atoms with E-state index in [2.05, 4.69) is 4.74 Å². The van der Waals surface area contributed by atoms with Crippen LogP contribution in [0, 0.1) is 0 Å². The Balaban J connectivity index is 2.45. The summed E-state index contributed by atoms with van der Waals surface area (Å²) in [6.45, 7) is 0. The molecular formula is C12H11ClO3. The Morgan fingerprint density at radius 2 is 2.12 bits per heavy atom. The number of halogens is 1. The number of ketones is 1. The van der Waals surface area contributed by atoms with E-state index in [0.717, 1.165) is 5.56 Å². The Bertz CT molecular complexity index is 455.